The van der Waals surface area contributed by atoms with E-state index >= 15 is 0 Å². The molecule has 1 spiro atoms. The number of hydrogen-bond donors (Lipinski definition) is 0. The van der Waals surface area contributed by atoms with Crippen molar-refractivity contribution in [2.75, 3.05) is 40.5 Å². The summed E-state index contributed by atoms with van der Waals surface area (Å²) in [7, 11) is -0.414. The van der Waals surface area contributed by atoms with Gasteiger partial charge in [0, 0.05) is 39.0 Å². The summed E-state index contributed by atoms with van der Waals surface area (Å²) >= 11 is 0. The summed E-state index contributed by atoms with van der Waals surface area (Å²) in [5, 5.41) is 0. The van der Waals surface area contributed by atoms with Gasteiger partial charge < -0.3 is 14.2 Å². The van der Waals surface area contributed by atoms with Crippen LogP contribution in [0.25, 0.3) is 0 Å². The quantitative estimate of drug-likeness (QED) is 0.699. The fourth-order valence-electron chi connectivity index (χ4n) is 4.25. The molecule has 2 saturated heterocycles. The van der Waals surface area contributed by atoms with E-state index in [2.05, 4.69) is 17.0 Å². The number of benzene rings is 2. The summed E-state index contributed by atoms with van der Waals surface area (Å²) in [6, 6.07) is 14.6. The Morgan fingerprint density at radius 2 is 1.47 bits per heavy atom. The molecule has 2 aliphatic rings. The van der Waals surface area contributed by atoms with E-state index in [1.807, 2.05) is 12.1 Å². The Hall–Kier alpha value is -2.13. The zero-order valence-corrected chi connectivity index (χ0v) is 18.2. The highest BCUT2D eigenvalue weighted by Gasteiger charge is 2.50. The maximum Gasteiger partial charge on any atom is 0.245 e. The summed E-state index contributed by atoms with van der Waals surface area (Å²) in [6.45, 7) is 3.19. The van der Waals surface area contributed by atoms with Crippen molar-refractivity contribution >= 4 is 10.0 Å². The van der Waals surface area contributed by atoms with E-state index < -0.39 is 15.7 Å². The van der Waals surface area contributed by atoms with Gasteiger partial charge >= 0.3 is 0 Å². The van der Waals surface area contributed by atoms with Crippen molar-refractivity contribution in [3.8, 4) is 11.5 Å². The molecule has 0 aromatic heterocycles. The molecule has 30 heavy (non-hydrogen) atoms. The van der Waals surface area contributed by atoms with E-state index in [0.29, 0.717) is 31.7 Å². The SMILES string of the molecule is COc1ccc(CN2CCC3(CC2)OCCN3S(=O)(=O)c2ccc(OC)cc2)cc1. The third-order valence-corrected chi connectivity index (χ3v) is 7.93. The molecule has 4 rings (SSSR count). The highest BCUT2D eigenvalue weighted by atomic mass is 32.2. The van der Waals surface area contributed by atoms with E-state index in [0.717, 1.165) is 25.4 Å². The standard InChI is InChI=1S/C22H28N2O5S/c1-27-19-5-3-18(4-6-19)17-23-13-11-22(12-14-23)24(15-16-29-22)30(25,26)21-9-7-20(28-2)8-10-21/h3-10H,11-17H2,1-2H3. The van der Waals surface area contributed by atoms with Gasteiger partial charge in [0.15, 0.2) is 0 Å². The Morgan fingerprint density at radius 3 is 2.03 bits per heavy atom. The minimum Gasteiger partial charge on any atom is -0.497 e. The Balaban J connectivity index is 1.45. The topological polar surface area (TPSA) is 68.3 Å². The molecular weight excluding hydrogens is 404 g/mol. The molecule has 0 bridgehead atoms. The predicted octanol–water partition coefficient (Wildman–Crippen LogP) is 2.72. The van der Waals surface area contributed by atoms with Crippen LogP contribution in [0.5, 0.6) is 11.5 Å². The molecule has 162 valence electrons. The lowest BCUT2D eigenvalue weighted by atomic mass is 10.00. The van der Waals surface area contributed by atoms with Crippen molar-refractivity contribution in [2.45, 2.75) is 30.0 Å². The number of methoxy groups -OCH3 is 2. The first-order valence-electron chi connectivity index (χ1n) is 10.1. The second-order valence-electron chi connectivity index (χ2n) is 7.67. The first-order chi connectivity index (χ1) is 14.5. The van der Waals surface area contributed by atoms with Crippen LogP contribution >= 0.6 is 0 Å². The summed E-state index contributed by atoms with van der Waals surface area (Å²) < 4.78 is 44.6. The second kappa shape index (κ2) is 8.55. The molecule has 8 heteroatoms. The third kappa shape index (κ3) is 4.05. The van der Waals surface area contributed by atoms with Gasteiger partial charge in [-0.05, 0) is 42.0 Å². The average molecular weight is 433 g/mol. The van der Waals surface area contributed by atoms with E-state index in [1.165, 1.54) is 5.56 Å². The molecule has 2 aliphatic heterocycles. The van der Waals surface area contributed by atoms with Crippen LogP contribution in [0, 0.1) is 0 Å². The Bertz CT molecular complexity index is 952. The molecule has 2 fully saturated rings. The zero-order valence-electron chi connectivity index (χ0n) is 17.4. The van der Waals surface area contributed by atoms with Gasteiger partial charge in [-0.1, -0.05) is 12.1 Å². The van der Waals surface area contributed by atoms with Crippen LogP contribution in [-0.2, 0) is 21.3 Å². The number of hydrogen-bond acceptors (Lipinski definition) is 6. The number of sulfonamides is 1. The van der Waals surface area contributed by atoms with Gasteiger partial charge in [0.2, 0.25) is 10.0 Å². The van der Waals surface area contributed by atoms with Gasteiger partial charge in [-0.25, -0.2) is 8.42 Å². The van der Waals surface area contributed by atoms with Gasteiger partial charge in [0.05, 0.1) is 25.7 Å². The highest BCUT2D eigenvalue weighted by Crippen LogP contribution is 2.38. The van der Waals surface area contributed by atoms with Crippen LogP contribution in [0.2, 0.25) is 0 Å². The van der Waals surface area contributed by atoms with Gasteiger partial charge in [-0.3, -0.25) is 4.90 Å². The highest BCUT2D eigenvalue weighted by molar-refractivity contribution is 7.89. The molecule has 7 nitrogen and oxygen atoms in total. The van der Waals surface area contributed by atoms with Crippen molar-refractivity contribution in [3.63, 3.8) is 0 Å². The summed E-state index contributed by atoms with van der Waals surface area (Å²) in [4.78, 5) is 2.61. The van der Waals surface area contributed by atoms with Crippen LogP contribution in [0.3, 0.4) is 0 Å². The zero-order chi connectivity index (χ0) is 21.2. The molecule has 2 aromatic carbocycles. The second-order valence-corrected chi connectivity index (χ2v) is 9.53. The minimum absolute atomic E-state index is 0.272. The van der Waals surface area contributed by atoms with Gasteiger partial charge in [0.1, 0.15) is 17.2 Å². The number of ether oxygens (including phenoxy) is 3. The molecule has 0 atom stereocenters. The van der Waals surface area contributed by atoms with E-state index in [-0.39, 0.29) is 4.90 Å². The maximum absolute atomic E-state index is 13.3. The smallest absolute Gasteiger partial charge is 0.245 e. The van der Waals surface area contributed by atoms with Crippen molar-refractivity contribution in [3.05, 3.63) is 54.1 Å². The van der Waals surface area contributed by atoms with Gasteiger partial charge in [-0.15, -0.1) is 0 Å². The van der Waals surface area contributed by atoms with Crippen LogP contribution in [-0.4, -0.2) is 63.8 Å². The number of piperidine rings is 1. The van der Waals surface area contributed by atoms with Crippen LogP contribution in [0.4, 0.5) is 0 Å². The lowest BCUT2D eigenvalue weighted by molar-refractivity contribution is -0.0917. The molecule has 0 N–H and O–H groups in total. The maximum atomic E-state index is 13.3. The monoisotopic (exact) mass is 432 g/mol. The Labute approximate surface area is 178 Å². The summed E-state index contributed by atoms with van der Waals surface area (Å²) in [6.07, 6.45) is 1.30. The Morgan fingerprint density at radius 1 is 0.900 bits per heavy atom. The van der Waals surface area contributed by atoms with E-state index in [9.17, 15) is 8.42 Å². The van der Waals surface area contributed by atoms with Crippen LogP contribution in [0.1, 0.15) is 18.4 Å². The lowest BCUT2D eigenvalue weighted by Gasteiger charge is -2.42. The molecule has 0 radical (unpaired) electrons. The van der Waals surface area contributed by atoms with Crippen molar-refractivity contribution in [1.29, 1.82) is 0 Å². The van der Waals surface area contributed by atoms with Crippen molar-refractivity contribution in [1.82, 2.24) is 9.21 Å². The fraction of sp³-hybridized carbons (Fsp3) is 0.455. The average Bonchev–Trinajstić information content (AvgIpc) is 3.20. The normalized spacial score (nSPS) is 19.8. The molecule has 2 heterocycles. The Kier molecular flexibility index (Phi) is 6.02. The first kappa shape index (κ1) is 21.1. The summed E-state index contributed by atoms with van der Waals surface area (Å²) in [5.41, 5.74) is 0.455. The number of rotatable bonds is 6. The van der Waals surface area contributed by atoms with Crippen molar-refractivity contribution in [2.24, 2.45) is 0 Å². The number of nitrogens with zero attached hydrogens (tertiary/aromatic N) is 2. The largest absolute Gasteiger partial charge is 0.497 e. The fourth-order valence-corrected chi connectivity index (χ4v) is 5.97. The van der Waals surface area contributed by atoms with Crippen LogP contribution < -0.4 is 9.47 Å². The summed E-state index contributed by atoms with van der Waals surface area (Å²) in [5.74, 6) is 1.48. The molecule has 2 aromatic rings. The van der Waals surface area contributed by atoms with E-state index in [1.54, 1.807) is 42.8 Å². The van der Waals surface area contributed by atoms with Gasteiger partial charge in [-0.2, -0.15) is 4.31 Å². The molecule has 0 aliphatic carbocycles. The molecular formula is C22H28N2O5S. The number of likely N-dealkylation sites (tertiary alicyclic amines) is 1. The molecule has 0 unspecified atom stereocenters. The molecule has 0 saturated carbocycles. The van der Waals surface area contributed by atoms with Crippen molar-refractivity contribution < 1.29 is 22.6 Å². The lowest BCUT2D eigenvalue weighted by Crippen LogP contribution is -2.54. The molecule has 0 amide bonds. The van der Waals surface area contributed by atoms with Crippen LogP contribution in [0.15, 0.2) is 53.4 Å². The third-order valence-electron chi connectivity index (χ3n) is 5.97. The van der Waals surface area contributed by atoms with E-state index in [4.69, 9.17) is 14.2 Å². The predicted molar refractivity (Wildman–Crippen MR) is 113 cm³/mol. The first-order valence-corrected chi connectivity index (χ1v) is 11.6. The minimum atomic E-state index is -3.64. The van der Waals surface area contributed by atoms with Gasteiger partial charge in [0.25, 0.3) is 0 Å².